The molecule has 140 valence electrons. The number of aliphatic hydroxyl groups excluding tert-OH is 3. The molecule has 0 aromatic rings. The Morgan fingerprint density at radius 1 is 0.875 bits per heavy atom. The van der Waals surface area contributed by atoms with Gasteiger partial charge < -0.3 is 20.1 Å². The monoisotopic (exact) mass is 341 g/mol. The van der Waals surface area contributed by atoms with Gasteiger partial charge in [0.1, 0.15) is 0 Å². The molecule has 0 amide bonds. The third kappa shape index (κ3) is 4.70. The molecular formula is C19H35NO4. The number of nitrogens with zero attached hydrogens (tertiary/aromatic N) is 1. The largest absolute Gasteiger partial charge is 0.392 e. The van der Waals surface area contributed by atoms with Crippen LogP contribution in [0.2, 0.25) is 0 Å². The summed E-state index contributed by atoms with van der Waals surface area (Å²) in [7, 11) is 0. The van der Waals surface area contributed by atoms with Crippen molar-refractivity contribution in [3.63, 3.8) is 0 Å². The minimum absolute atomic E-state index is 0.0229. The fourth-order valence-electron chi connectivity index (χ4n) is 5.80. The van der Waals surface area contributed by atoms with E-state index in [0.29, 0.717) is 26.2 Å². The molecule has 4 aliphatic rings. The maximum Gasteiger partial charge on any atom is 0.0900 e. The molecule has 0 radical (unpaired) electrons. The summed E-state index contributed by atoms with van der Waals surface area (Å²) < 4.78 is 6.31. The Labute approximate surface area is 146 Å². The molecule has 24 heavy (non-hydrogen) atoms. The highest BCUT2D eigenvalue weighted by atomic mass is 16.5. The highest BCUT2D eigenvalue weighted by Gasteiger charge is 2.51. The summed E-state index contributed by atoms with van der Waals surface area (Å²) in [6.45, 7) is 5.17. The van der Waals surface area contributed by atoms with E-state index in [0.717, 1.165) is 17.8 Å². The summed E-state index contributed by atoms with van der Waals surface area (Å²) in [6, 6.07) is 0. The summed E-state index contributed by atoms with van der Waals surface area (Å²) in [5, 5.41) is 29.6. The molecule has 3 atom stereocenters. The number of rotatable bonds is 9. The second kappa shape index (κ2) is 7.58. The van der Waals surface area contributed by atoms with Crippen molar-refractivity contribution in [1.29, 1.82) is 0 Å². The highest BCUT2D eigenvalue weighted by molar-refractivity contribution is 5.03. The molecule has 0 aromatic carbocycles. The highest BCUT2D eigenvalue weighted by Crippen LogP contribution is 2.57. The third-order valence-corrected chi connectivity index (χ3v) is 6.08. The van der Waals surface area contributed by atoms with E-state index in [1.165, 1.54) is 38.5 Å². The number of aliphatic hydroxyl groups is 3. The van der Waals surface area contributed by atoms with Crippen LogP contribution < -0.4 is 0 Å². The molecule has 0 saturated heterocycles. The Bertz CT molecular complexity index is 367. The minimum Gasteiger partial charge on any atom is -0.392 e. The van der Waals surface area contributed by atoms with E-state index in [1.807, 2.05) is 4.90 Å². The van der Waals surface area contributed by atoms with E-state index < -0.39 is 18.3 Å². The predicted molar refractivity (Wildman–Crippen MR) is 92.7 cm³/mol. The van der Waals surface area contributed by atoms with Crippen LogP contribution in [0.4, 0.5) is 0 Å². The molecule has 0 spiro atoms. The van der Waals surface area contributed by atoms with Gasteiger partial charge in [-0.25, -0.2) is 0 Å². The Kier molecular flexibility index (Phi) is 5.87. The van der Waals surface area contributed by atoms with Gasteiger partial charge in [0.05, 0.1) is 30.5 Å². The van der Waals surface area contributed by atoms with Gasteiger partial charge in [0.2, 0.25) is 0 Å². The molecule has 5 nitrogen and oxygen atoms in total. The van der Waals surface area contributed by atoms with Crippen molar-refractivity contribution < 1.29 is 20.1 Å². The van der Waals surface area contributed by atoms with Crippen molar-refractivity contribution in [2.45, 2.75) is 76.3 Å². The topological polar surface area (TPSA) is 73.2 Å². The van der Waals surface area contributed by atoms with Crippen LogP contribution in [0.25, 0.3) is 0 Å². The average Bonchev–Trinajstić information content (AvgIpc) is 2.42. The van der Waals surface area contributed by atoms with Crippen LogP contribution in [-0.4, -0.2) is 70.4 Å². The zero-order valence-corrected chi connectivity index (χ0v) is 15.2. The average molecular weight is 341 g/mol. The van der Waals surface area contributed by atoms with Crippen LogP contribution in [0.1, 0.15) is 52.4 Å². The van der Waals surface area contributed by atoms with E-state index in [4.69, 9.17) is 4.74 Å². The van der Waals surface area contributed by atoms with E-state index in [-0.39, 0.29) is 5.60 Å². The molecule has 4 fully saturated rings. The summed E-state index contributed by atoms with van der Waals surface area (Å²) in [5.41, 5.74) is 0.0229. The summed E-state index contributed by atoms with van der Waals surface area (Å²) in [5.74, 6) is 2.53. The first-order valence-corrected chi connectivity index (χ1v) is 9.74. The standard InChI is InChI=1S/C19H35NO4/c1-13(21)9-20(10-14(2)22)11-18(23)12-24-19-6-15-3-16(7-19)5-17(4-15)8-19/h13-18,21-23H,3-12H2,1-2H3/t13-,14-,15?,16?,17?,18+,19?/m1/s1. The summed E-state index contributed by atoms with van der Waals surface area (Å²) in [6.07, 6.45) is 6.19. The van der Waals surface area contributed by atoms with Crippen molar-refractivity contribution in [1.82, 2.24) is 4.90 Å². The van der Waals surface area contributed by atoms with E-state index in [9.17, 15) is 15.3 Å². The third-order valence-electron chi connectivity index (χ3n) is 6.08. The van der Waals surface area contributed by atoms with Crippen LogP contribution >= 0.6 is 0 Å². The van der Waals surface area contributed by atoms with Crippen molar-refractivity contribution >= 4 is 0 Å². The van der Waals surface area contributed by atoms with E-state index in [1.54, 1.807) is 13.8 Å². The van der Waals surface area contributed by atoms with Crippen molar-refractivity contribution in [3.05, 3.63) is 0 Å². The van der Waals surface area contributed by atoms with Crippen LogP contribution in [0.3, 0.4) is 0 Å². The van der Waals surface area contributed by atoms with Crippen LogP contribution in [0.5, 0.6) is 0 Å². The maximum absolute atomic E-state index is 10.4. The Balaban J connectivity index is 1.48. The van der Waals surface area contributed by atoms with Gasteiger partial charge in [-0.2, -0.15) is 0 Å². The Hall–Kier alpha value is -0.200. The molecule has 4 saturated carbocycles. The molecular weight excluding hydrogens is 306 g/mol. The number of ether oxygens (including phenoxy) is 1. The van der Waals surface area contributed by atoms with Gasteiger partial charge in [-0.1, -0.05) is 0 Å². The van der Waals surface area contributed by atoms with Gasteiger partial charge in [-0.15, -0.1) is 0 Å². The molecule has 3 N–H and O–H groups in total. The first kappa shape index (κ1) is 18.6. The van der Waals surface area contributed by atoms with Gasteiger partial charge in [0, 0.05) is 19.6 Å². The molecule has 0 aliphatic heterocycles. The van der Waals surface area contributed by atoms with Crippen molar-refractivity contribution in [2.75, 3.05) is 26.2 Å². The second-order valence-corrected chi connectivity index (χ2v) is 8.98. The second-order valence-electron chi connectivity index (χ2n) is 8.98. The lowest BCUT2D eigenvalue weighted by Gasteiger charge is -2.56. The molecule has 0 aromatic heterocycles. The molecule has 4 aliphatic carbocycles. The zero-order chi connectivity index (χ0) is 17.3. The quantitative estimate of drug-likeness (QED) is 0.591. The molecule has 5 heteroatoms. The normalized spacial score (nSPS) is 38.5. The molecule has 4 bridgehead atoms. The molecule has 0 unspecified atom stereocenters. The van der Waals surface area contributed by atoms with E-state index in [2.05, 4.69) is 0 Å². The fraction of sp³-hybridized carbons (Fsp3) is 1.00. The maximum atomic E-state index is 10.4. The smallest absolute Gasteiger partial charge is 0.0900 e. The predicted octanol–water partition coefficient (Wildman–Crippen LogP) is 1.40. The lowest BCUT2D eigenvalue weighted by Crippen LogP contribution is -2.53. The van der Waals surface area contributed by atoms with Crippen LogP contribution in [0, 0.1) is 17.8 Å². The molecule has 4 rings (SSSR count). The molecule has 0 heterocycles. The lowest BCUT2D eigenvalue weighted by atomic mass is 9.54. The first-order valence-electron chi connectivity index (χ1n) is 9.74. The summed E-state index contributed by atoms with van der Waals surface area (Å²) >= 11 is 0. The van der Waals surface area contributed by atoms with Gasteiger partial charge in [-0.05, 0) is 70.1 Å². The summed E-state index contributed by atoms with van der Waals surface area (Å²) in [4.78, 5) is 1.92. The van der Waals surface area contributed by atoms with E-state index >= 15 is 0 Å². The Morgan fingerprint density at radius 3 is 1.75 bits per heavy atom. The fourth-order valence-corrected chi connectivity index (χ4v) is 5.80. The number of hydrogen-bond acceptors (Lipinski definition) is 5. The van der Waals surface area contributed by atoms with Gasteiger partial charge in [-0.3, -0.25) is 4.90 Å². The first-order chi connectivity index (χ1) is 11.3. The van der Waals surface area contributed by atoms with Gasteiger partial charge in [0.15, 0.2) is 0 Å². The SMILES string of the molecule is C[C@@H](O)CN(C[C@H](O)COC12CC3CC(CC(C3)C1)C2)C[C@@H](C)O. The van der Waals surface area contributed by atoms with Crippen LogP contribution in [-0.2, 0) is 4.74 Å². The number of hydrogen-bond donors (Lipinski definition) is 3. The Morgan fingerprint density at radius 2 is 1.33 bits per heavy atom. The van der Waals surface area contributed by atoms with Gasteiger partial charge in [0.25, 0.3) is 0 Å². The van der Waals surface area contributed by atoms with Crippen molar-refractivity contribution in [3.8, 4) is 0 Å². The van der Waals surface area contributed by atoms with Crippen LogP contribution in [0.15, 0.2) is 0 Å². The van der Waals surface area contributed by atoms with Crippen molar-refractivity contribution in [2.24, 2.45) is 17.8 Å². The minimum atomic E-state index is -0.574. The zero-order valence-electron chi connectivity index (χ0n) is 15.2. The van der Waals surface area contributed by atoms with Gasteiger partial charge >= 0.3 is 0 Å². The lowest BCUT2D eigenvalue weighted by molar-refractivity contribution is -0.176.